The van der Waals surface area contributed by atoms with Gasteiger partial charge in [0, 0.05) is 0 Å². The van der Waals surface area contributed by atoms with Crippen molar-refractivity contribution < 1.29 is 9.16 Å². The third kappa shape index (κ3) is 7.90. The van der Waals surface area contributed by atoms with Gasteiger partial charge in [0.05, 0.1) is 6.61 Å². The maximum absolute atomic E-state index is 5.76. The molecule has 0 unspecified atom stereocenters. The maximum atomic E-state index is 5.76. The van der Waals surface area contributed by atoms with Crippen molar-refractivity contribution >= 4 is 8.32 Å². The van der Waals surface area contributed by atoms with E-state index in [4.69, 9.17) is 9.16 Å². The van der Waals surface area contributed by atoms with E-state index < -0.39 is 8.32 Å². The molecule has 0 rings (SSSR count). The largest absolute Gasteiger partial charge is 0.520 e. The Morgan fingerprint density at radius 1 is 1.23 bits per heavy atom. The van der Waals surface area contributed by atoms with Gasteiger partial charge in [-0.25, -0.2) is 0 Å². The zero-order valence-electron chi connectivity index (χ0n) is 9.52. The van der Waals surface area contributed by atoms with Crippen molar-refractivity contribution in [2.24, 2.45) is 0 Å². The Morgan fingerprint density at radius 3 is 2.23 bits per heavy atom. The standard InChI is InChI=1S/C10H22O2Si/c1-6-8-9-10(11-7-2)12-13(3,4)5/h9H,6-8H2,1-5H3/b10-9+. The van der Waals surface area contributed by atoms with Crippen molar-refractivity contribution in [1.82, 2.24) is 0 Å². The first kappa shape index (κ1) is 12.6. The molecule has 0 spiro atoms. The summed E-state index contributed by atoms with van der Waals surface area (Å²) in [5.41, 5.74) is 0. The molecule has 0 radical (unpaired) electrons. The highest BCUT2D eigenvalue weighted by atomic mass is 28.4. The second-order valence-electron chi connectivity index (χ2n) is 3.96. The summed E-state index contributed by atoms with van der Waals surface area (Å²) in [6, 6.07) is 0. The minimum Gasteiger partial charge on any atom is -0.520 e. The van der Waals surface area contributed by atoms with Gasteiger partial charge in [0.1, 0.15) is 0 Å². The van der Waals surface area contributed by atoms with Crippen LogP contribution in [0.4, 0.5) is 0 Å². The number of rotatable bonds is 6. The van der Waals surface area contributed by atoms with Crippen LogP contribution in [-0.2, 0) is 9.16 Å². The summed E-state index contributed by atoms with van der Waals surface area (Å²) in [4.78, 5) is 0. The Labute approximate surface area is 83.1 Å². The van der Waals surface area contributed by atoms with Gasteiger partial charge in [-0.2, -0.15) is 0 Å². The third-order valence-corrected chi connectivity index (χ3v) is 2.11. The summed E-state index contributed by atoms with van der Waals surface area (Å²) in [6.45, 7) is 11.3. The van der Waals surface area contributed by atoms with Gasteiger partial charge >= 0.3 is 0 Å². The summed E-state index contributed by atoms with van der Waals surface area (Å²) < 4.78 is 11.2. The van der Waals surface area contributed by atoms with Crippen molar-refractivity contribution in [1.29, 1.82) is 0 Å². The Balaban J connectivity index is 4.09. The first-order chi connectivity index (χ1) is 5.99. The zero-order chi connectivity index (χ0) is 10.3. The molecule has 0 amide bonds. The van der Waals surface area contributed by atoms with Crippen LogP contribution in [0, 0.1) is 0 Å². The van der Waals surface area contributed by atoms with E-state index in [2.05, 4.69) is 26.6 Å². The maximum Gasteiger partial charge on any atom is 0.261 e. The van der Waals surface area contributed by atoms with Crippen LogP contribution in [0.3, 0.4) is 0 Å². The molecular weight excluding hydrogens is 180 g/mol. The van der Waals surface area contributed by atoms with Crippen molar-refractivity contribution in [3.8, 4) is 0 Å². The number of ether oxygens (including phenoxy) is 1. The summed E-state index contributed by atoms with van der Waals surface area (Å²) >= 11 is 0. The summed E-state index contributed by atoms with van der Waals surface area (Å²) in [6.07, 6.45) is 4.20. The molecule has 0 atom stereocenters. The molecule has 0 saturated heterocycles. The lowest BCUT2D eigenvalue weighted by molar-refractivity contribution is 0.111. The molecule has 78 valence electrons. The molecule has 13 heavy (non-hydrogen) atoms. The fourth-order valence-electron chi connectivity index (χ4n) is 0.836. The van der Waals surface area contributed by atoms with Crippen molar-refractivity contribution in [2.75, 3.05) is 6.61 Å². The van der Waals surface area contributed by atoms with E-state index in [1.165, 1.54) is 0 Å². The van der Waals surface area contributed by atoms with Crippen molar-refractivity contribution in [3.05, 3.63) is 12.0 Å². The third-order valence-electron chi connectivity index (χ3n) is 1.29. The van der Waals surface area contributed by atoms with Crippen LogP contribution in [0.2, 0.25) is 19.6 Å². The average molecular weight is 202 g/mol. The van der Waals surface area contributed by atoms with Crippen LogP contribution in [-0.4, -0.2) is 14.9 Å². The van der Waals surface area contributed by atoms with Crippen LogP contribution >= 0.6 is 0 Å². The molecule has 0 aliphatic carbocycles. The van der Waals surface area contributed by atoms with Crippen molar-refractivity contribution in [3.63, 3.8) is 0 Å². The Morgan fingerprint density at radius 2 is 1.85 bits per heavy atom. The second-order valence-corrected chi connectivity index (χ2v) is 8.39. The Bertz CT molecular complexity index is 159. The molecule has 0 aromatic carbocycles. The zero-order valence-corrected chi connectivity index (χ0v) is 10.5. The van der Waals surface area contributed by atoms with Gasteiger partial charge in [-0.05, 0) is 39.1 Å². The van der Waals surface area contributed by atoms with Crippen LogP contribution in [0.1, 0.15) is 26.7 Å². The van der Waals surface area contributed by atoms with Gasteiger partial charge in [-0.15, -0.1) is 0 Å². The highest BCUT2D eigenvalue weighted by Crippen LogP contribution is 2.12. The highest BCUT2D eigenvalue weighted by Gasteiger charge is 2.17. The van der Waals surface area contributed by atoms with Gasteiger partial charge in [-0.3, -0.25) is 0 Å². The van der Waals surface area contributed by atoms with Crippen molar-refractivity contribution in [2.45, 2.75) is 46.3 Å². The van der Waals surface area contributed by atoms with Gasteiger partial charge in [0.15, 0.2) is 0 Å². The van der Waals surface area contributed by atoms with Gasteiger partial charge < -0.3 is 9.16 Å². The molecule has 0 fully saturated rings. The predicted octanol–water partition coefficient (Wildman–Crippen LogP) is 3.52. The van der Waals surface area contributed by atoms with Crippen LogP contribution in [0.25, 0.3) is 0 Å². The average Bonchev–Trinajstić information content (AvgIpc) is 1.98. The molecule has 0 N–H and O–H groups in total. The number of unbranched alkanes of at least 4 members (excludes halogenated alkanes) is 1. The molecule has 0 heterocycles. The lowest BCUT2D eigenvalue weighted by Gasteiger charge is -2.21. The van der Waals surface area contributed by atoms with Gasteiger partial charge in [0.2, 0.25) is 8.32 Å². The predicted molar refractivity (Wildman–Crippen MR) is 59.0 cm³/mol. The fourth-order valence-corrected chi connectivity index (χ4v) is 1.58. The number of hydrogen-bond donors (Lipinski definition) is 0. The minimum absolute atomic E-state index is 0.681. The number of hydrogen-bond acceptors (Lipinski definition) is 2. The molecule has 0 aromatic heterocycles. The molecule has 3 heteroatoms. The van der Waals surface area contributed by atoms with Crippen LogP contribution in [0.5, 0.6) is 0 Å². The Kier molecular flexibility index (Phi) is 5.87. The van der Waals surface area contributed by atoms with E-state index in [9.17, 15) is 0 Å². The molecule has 0 aromatic rings. The van der Waals surface area contributed by atoms with Gasteiger partial charge in [-0.1, -0.05) is 13.3 Å². The van der Waals surface area contributed by atoms with E-state index in [1.54, 1.807) is 0 Å². The minimum atomic E-state index is -1.50. The van der Waals surface area contributed by atoms with E-state index in [-0.39, 0.29) is 0 Å². The van der Waals surface area contributed by atoms with Crippen LogP contribution in [0.15, 0.2) is 12.0 Å². The molecule has 0 saturated carbocycles. The lowest BCUT2D eigenvalue weighted by atomic mass is 10.3. The fraction of sp³-hybridized carbons (Fsp3) is 0.800. The van der Waals surface area contributed by atoms with E-state index >= 15 is 0 Å². The van der Waals surface area contributed by atoms with Gasteiger partial charge in [0.25, 0.3) is 5.95 Å². The quantitative estimate of drug-likeness (QED) is 0.485. The molecule has 0 bridgehead atoms. The second kappa shape index (κ2) is 6.08. The SMILES string of the molecule is CCC/C=C(\OCC)O[Si](C)(C)C. The molecule has 0 aliphatic heterocycles. The van der Waals surface area contributed by atoms with Crippen LogP contribution < -0.4 is 0 Å². The lowest BCUT2D eigenvalue weighted by Crippen LogP contribution is -2.25. The van der Waals surface area contributed by atoms with E-state index in [1.807, 2.05) is 13.0 Å². The normalized spacial score (nSPS) is 12.8. The topological polar surface area (TPSA) is 18.5 Å². The Hall–Kier alpha value is -0.443. The molecule has 2 nitrogen and oxygen atoms in total. The summed E-state index contributed by atoms with van der Waals surface area (Å²) in [7, 11) is -1.50. The summed E-state index contributed by atoms with van der Waals surface area (Å²) in [5.74, 6) is 0.725. The molecule has 0 aliphatic rings. The van der Waals surface area contributed by atoms with E-state index in [0.29, 0.717) is 6.61 Å². The highest BCUT2D eigenvalue weighted by molar-refractivity contribution is 6.69. The molecular formula is C10H22O2Si. The first-order valence-corrected chi connectivity index (χ1v) is 8.42. The number of allylic oxidation sites excluding steroid dienone is 1. The van der Waals surface area contributed by atoms with E-state index in [0.717, 1.165) is 18.8 Å². The monoisotopic (exact) mass is 202 g/mol. The summed E-state index contributed by atoms with van der Waals surface area (Å²) in [5, 5.41) is 0. The first-order valence-electron chi connectivity index (χ1n) is 5.01. The smallest absolute Gasteiger partial charge is 0.261 e.